The molecule has 1 amide bonds. The van der Waals surface area contributed by atoms with Gasteiger partial charge in [-0.25, -0.2) is 15.0 Å². The lowest BCUT2D eigenvalue weighted by Crippen LogP contribution is -2.47. The van der Waals surface area contributed by atoms with E-state index in [1.165, 1.54) is 0 Å². The summed E-state index contributed by atoms with van der Waals surface area (Å²) in [5.41, 5.74) is 2.25. The number of aromatic nitrogens is 3. The molecule has 1 aliphatic carbocycles. The van der Waals surface area contributed by atoms with Crippen molar-refractivity contribution < 1.29 is 9.90 Å². The molecule has 0 unspecified atom stereocenters. The number of nitrogens with one attached hydrogen (secondary N) is 1. The summed E-state index contributed by atoms with van der Waals surface area (Å²) >= 11 is 0. The van der Waals surface area contributed by atoms with Gasteiger partial charge < -0.3 is 15.3 Å². The lowest BCUT2D eigenvalue weighted by molar-refractivity contribution is -0.115. The van der Waals surface area contributed by atoms with Gasteiger partial charge in [0, 0.05) is 24.0 Å². The van der Waals surface area contributed by atoms with Gasteiger partial charge in [-0.3, -0.25) is 14.8 Å². The minimum atomic E-state index is -0.250. The fourth-order valence-corrected chi connectivity index (χ4v) is 4.00. The second-order valence-corrected chi connectivity index (χ2v) is 7.47. The molecule has 4 heterocycles. The highest BCUT2D eigenvalue weighted by molar-refractivity contribution is 6.05. The predicted octanol–water partition coefficient (Wildman–Crippen LogP) is 1.43. The van der Waals surface area contributed by atoms with Crippen molar-refractivity contribution in [3.05, 3.63) is 30.2 Å². The molecule has 9 heteroatoms. The van der Waals surface area contributed by atoms with Crippen LogP contribution in [0.4, 0.5) is 11.6 Å². The first-order chi connectivity index (χ1) is 14.2. The molecule has 9 nitrogen and oxygen atoms in total. The Kier molecular flexibility index (Phi) is 4.51. The molecule has 0 bridgehead atoms. The van der Waals surface area contributed by atoms with Crippen LogP contribution in [0.2, 0.25) is 0 Å². The Labute approximate surface area is 167 Å². The van der Waals surface area contributed by atoms with Crippen molar-refractivity contribution >= 4 is 29.6 Å². The zero-order chi connectivity index (χ0) is 19.8. The van der Waals surface area contributed by atoms with Crippen molar-refractivity contribution in [2.75, 3.05) is 23.3 Å². The van der Waals surface area contributed by atoms with Crippen LogP contribution in [0.15, 0.2) is 34.5 Å². The van der Waals surface area contributed by atoms with Gasteiger partial charge in [0.15, 0.2) is 17.5 Å². The van der Waals surface area contributed by atoms with Crippen LogP contribution < -0.4 is 10.2 Å². The summed E-state index contributed by atoms with van der Waals surface area (Å²) < 4.78 is 0. The first kappa shape index (κ1) is 17.9. The van der Waals surface area contributed by atoms with E-state index in [0.717, 1.165) is 36.9 Å². The van der Waals surface area contributed by atoms with Gasteiger partial charge in [-0.15, -0.1) is 0 Å². The van der Waals surface area contributed by atoms with Crippen LogP contribution in [0.3, 0.4) is 0 Å². The van der Waals surface area contributed by atoms with Crippen molar-refractivity contribution in [1.82, 2.24) is 15.0 Å². The standard InChI is InChI=1S/C20H21N7O2/c28-14-4-2-13(3-5-14)27-11-17(29)26-19-20(27)25-16(10-24-19)12-1-6-15(23-9-12)18-21-7-8-22-18/h1,6-7,9-10,13-14,28H,2-5,8,11H2,(H,24,26,29). The molecule has 29 heavy (non-hydrogen) atoms. The van der Waals surface area contributed by atoms with Crippen molar-refractivity contribution in [2.24, 2.45) is 9.98 Å². The van der Waals surface area contributed by atoms with Gasteiger partial charge in [-0.1, -0.05) is 0 Å². The van der Waals surface area contributed by atoms with Gasteiger partial charge in [0.1, 0.15) is 5.69 Å². The Morgan fingerprint density at radius 2 is 1.93 bits per heavy atom. The second kappa shape index (κ2) is 7.32. The Hall–Kier alpha value is -3.20. The number of amides is 1. The highest BCUT2D eigenvalue weighted by Gasteiger charge is 2.32. The highest BCUT2D eigenvalue weighted by Crippen LogP contribution is 2.33. The molecule has 0 radical (unpaired) electrons. The molecule has 5 rings (SSSR count). The first-order valence-electron chi connectivity index (χ1n) is 9.83. The molecule has 0 aromatic carbocycles. The third-order valence-electron chi connectivity index (χ3n) is 5.53. The minimum absolute atomic E-state index is 0.0883. The number of amidine groups is 1. The summed E-state index contributed by atoms with van der Waals surface area (Å²) in [4.78, 5) is 36.4. The number of hydrogen-bond donors (Lipinski definition) is 2. The van der Waals surface area contributed by atoms with Crippen molar-refractivity contribution in [3.63, 3.8) is 0 Å². The molecule has 1 fully saturated rings. The number of aliphatic hydroxyl groups is 1. The Balaban J connectivity index is 1.45. The summed E-state index contributed by atoms with van der Waals surface area (Å²) in [6.07, 6.45) is 8.04. The summed E-state index contributed by atoms with van der Waals surface area (Å²) in [7, 11) is 0. The van der Waals surface area contributed by atoms with Gasteiger partial charge in [-0.2, -0.15) is 0 Å². The fourth-order valence-electron chi connectivity index (χ4n) is 4.00. The number of aliphatic imine (C=N–C) groups is 2. The van der Waals surface area contributed by atoms with Gasteiger partial charge >= 0.3 is 0 Å². The number of nitrogens with zero attached hydrogens (tertiary/aromatic N) is 6. The molecule has 2 N–H and O–H groups in total. The van der Waals surface area contributed by atoms with Crippen LogP contribution in [0.1, 0.15) is 31.4 Å². The zero-order valence-electron chi connectivity index (χ0n) is 15.8. The Morgan fingerprint density at radius 1 is 1.07 bits per heavy atom. The number of aliphatic hydroxyl groups excluding tert-OH is 1. The van der Waals surface area contributed by atoms with Crippen molar-refractivity contribution in [2.45, 2.75) is 37.8 Å². The van der Waals surface area contributed by atoms with Gasteiger partial charge in [0.2, 0.25) is 5.91 Å². The van der Waals surface area contributed by atoms with Crippen LogP contribution in [0.5, 0.6) is 0 Å². The number of anilines is 2. The molecule has 3 aliphatic rings. The second-order valence-electron chi connectivity index (χ2n) is 7.47. The van der Waals surface area contributed by atoms with Gasteiger partial charge in [0.05, 0.1) is 31.1 Å². The van der Waals surface area contributed by atoms with E-state index in [1.54, 1.807) is 18.6 Å². The average Bonchev–Trinajstić information content (AvgIpc) is 3.29. The molecule has 1 saturated carbocycles. The molecule has 0 spiro atoms. The van der Waals surface area contributed by atoms with Crippen LogP contribution in [0, 0.1) is 0 Å². The molecular formula is C20H21N7O2. The zero-order valence-corrected chi connectivity index (χ0v) is 15.8. The summed E-state index contributed by atoms with van der Waals surface area (Å²) in [5, 5.41) is 12.6. The summed E-state index contributed by atoms with van der Waals surface area (Å²) in [6, 6.07) is 3.98. The van der Waals surface area contributed by atoms with Crippen LogP contribution in [0.25, 0.3) is 11.3 Å². The predicted molar refractivity (Wildman–Crippen MR) is 109 cm³/mol. The number of carbonyl (C=O) groups excluding carboxylic acids is 1. The lowest BCUT2D eigenvalue weighted by atomic mass is 9.91. The maximum Gasteiger partial charge on any atom is 0.245 e. The van der Waals surface area contributed by atoms with E-state index < -0.39 is 0 Å². The molecule has 2 aromatic rings. The number of carbonyl (C=O) groups is 1. The van der Waals surface area contributed by atoms with E-state index in [0.29, 0.717) is 29.7 Å². The molecule has 2 aliphatic heterocycles. The van der Waals surface area contributed by atoms with E-state index in [2.05, 4.69) is 25.3 Å². The molecular weight excluding hydrogens is 370 g/mol. The van der Waals surface area contributed by atoms with Crippen LogP contribution in [-0.2, 0) is 4.79 Å². The highest BCUT2D eigenvalue weighted by atomic mass is 16.3. The smallest absolute Gasteiger partial charge is 0.245 e. The average molecular weight is 391 g/mol. The van der Waals surface area contributed by atoms with E-state index in [-0.39, 0.29) is 24.6 Å². The Morgan fingerprint density at radius 3 is 2.66 bits per heavy atom. The van der Waals surface area contributed by atoms with Crippen LogP contribution >= 0.6 is 0 Å². The topological polar surface area (TPSA) is 116 Å². The van der Waals surface area contributed by atoms with Crippen molar-refractivity contribution in [3.8, 4) is 11.3 Å². The molecule has 148 valence electrons. The normalized spacial score (nSPS) is 23.6. The van der Waals surface area contributed by atoms with Crippen LogP contribution in [-0.4, -0.2) is 63.3 Å². The summed E-state index contributed by atoms with van der Waals surface area (Å²) in [6.45, 7) is 0.843. The Bertz CT molecular complexity index is 994. The van der Waals surface area contributed by atoms with E-state index in [1.807, 2.05) is 17.0 Å². The van der Waals surface area contributed by atoms with E-state index in [9.17, 15) is 9.90 Å². The minimum Gasteiger partial charge on any atom is -0.393 e. The van der Waals surface area contributed by atoms with E-state index in [4.69, 9.17) is 4.98 Å². The number of fused-ring (bicyclic) bond motifs is 1. The number of rotatable bonds is 3. The van der Waals surface area contributed by atoms with E-state index >= 15 is 0 Å². The van der Waals surface area contributed by atoms with Gasteiger partial charge in [-0.05, 0) is 37.8 Å². The third-order valence-corrected chi connectivity index (χ3v) is 5.53. The fraction of sp³-hybridized carbons (Fsp3) is 0.400. The lowest BCUT2D eigenvalue weighted by Gasteiger charge is -2.38. The molecule has 0 saturated heterocycles. The monoisotopic (exact) mass is 391 g/mol. The van der Waals surface area contributed by atoms with Gasteiger partial charge in [0.25, 0.3) is 0 Å². The number of pyridine rings is 1. The maximum atomic E-state index is 12.2. The third kappa shape index (κ3) is 3.49. The molecule has 0 atom stereocenters. The quantitative estimate of drug-likeness (QED) is 0.818. The maximum absolute atomic E-state index is 12.2. The van der Waals surface area contributed by atoms with Crippen molar-refractivity contribution in [1.29, 1.82) is 0 Å². The molecule has 2 aromatic heterocycles. The number of hydrogen-bond acceptors (Lipinski definition) is 8. The SMILES string of the molecule is O=C1CN(C2CCC(O)CC2)c2nc(-c3ccc(C4=NCC=N4)nc3)cnc2N1. The first-order valence-corrected chi connectivity index (χ1v) is 9.83. The summed E-state index contributed by atoms with van der Waals surface area (Å²) in [5.74, 6) is 1.71. The largest absolute Gasteiger partial charge is 0.393 e.